The molecule has 3 rings (SSSR count). The van der Waals surface area contributed by atoms with Crippen LogP contribution in [0.3, 0.4) is 0 Å². The highest BCUT2D eigenvalue weighted by molar-refractivity contribution is 5.94. The normalized spacial score (nSPS) is 19.9. The molecule has 2 heterocycles. The van der Waals surface area contributed by atoms with Crippen LogP contribution in [0.15, 0.2) is 18.2 Å². The first-order chi connectivity index (χ1) is 10.2. The number of nitrogens with zero attached hydrogens (tertiary/aromatic N) is 1. The van der Waals surface area contributed by atoms with Crippen molar-refractivity contribution in [1.82, 2.24) is 4.90 Å². The van der Waals surface area contributed by atoms with Crippen molar-refractivity contribution in [3.63, 3.8) is 0 Å². The molecule has 114 valence electrons. The second kappa shape index (κ2) is 6.35. The number of benzene rings is 1. The molecule has 0 radical (unpaired) electrons. The Morgan fingerprint density at radius 3 is 2.62 bits per heavy atom. The molecular weight excluding hydrogens is 268 g/mol. The third-order valence-electron chi connectivity index (χ3n) is 4.13. The molecule has 1 aromatic carbocycles. The van der Waals surface area contributed by atoms with E-state index in [4.69, 9.17) is 9.47 Å². The van der Waals surface area contributed by atoms with E-state index in [0.29, 0.717) is 19.0 Å². The standard InChI is InChI=1S/C16H22N2O3/c1-12(18-7-3-2-4-8-18)16(19)17-13-5-6-14-15(11-13)21-10-9-20-14/h5-6,11-12H,2-4,7-10H2,1H3,(H,17,19)/t12-/m0/s1. The second-order valence-electron chi connectivity index (χ2n) is 5.62. The fraction of sp³-hybridized carbons (Fsp3) is 0.562. The topological polar surface area (TPSA) is 50.8 Å². The summed E-state index contributed by atoms with van der Waals surface area (Å²) < 4.78 is 11.0. The zero-order valence-corrected chi connectivity index (χ0v) is 12.4. The first-order valence-corrected chi connectivity index (χ1v) is 7.68. The van der Waals surface area contributed by atoms with E-state index in [1.54, 1.807) is 0 Å². The maximum atomic E-state index is 12.4. The van der Waals surface area contributed by atoms with Crippen molar-refractivity contribution >= 4 is 11.6 Å². The number of anilines is 1. The molecule has 0 saturated carbocycles. The molecule has 1 amide bonds. The zero-order chi connectivity index (χ0) is 14.7. The molecule has 1 fully saturated rings. The van der Waals surface area contributed by atoms with Crippen LogP contribution >= 0.6 is 0 Å². The van der Waals surface area contributed by atoms with Crippen molar-refractivity contribution in [3.8, 4) is 11.5 Å². The molecule has 0 aliphatic carbocycles. The van der Waals surface area contributed by atoms with Gasteiger partial charge < -0.3 is 14.8 Å². The number of hydrogen-bond donors (Lipinski definition) is 1. The Hall–Kier alpha value is -1.75. The summed E-state index contributed by atoms with van der Waals surface area (Å²) in [5, 5.41) is 2.97. The Labute approximate surface area is 125 Å². The fourth-order valence-corrected chi connectivity index (χ4v) is 2.84. The lowest BCUT2D eigenvalue weighted by atomic mass is 10.1. The van der Waals surface area contributed by atoms with E-state index >= 15 is 0 Å². The SMILES string of the molecule is C[C@@H](C(=O)Nc1ccc2c(c1)OCCO2)N1CCCCC1. The number of hydrogen-bond acceptors (Lipinski definition) is 4. The predicted molar refractivity (Wildman–Crippen MR) is 80.9 cm³/mol. The molecule has 1 saturated heterocycles. The van der Waals surface area contributed by atoms with Gasteiger partial charge in [-0.05, 0) is 45.0 Å². The summed E-state index contributed by atoms with van der Waals surface area (Å²) in [6.45, 7) is 5.11. The number of piperidine rings is 1. The van der Waals surface area contributed by atoms with Crippen LogP contribution in [0, 0.1) is 0 Å². The summed E-state index contributed by atoms with van der Waals surface area (Å²) in [6.07, 6.45) is 3.64. The molecular formula is C16H22N2O3. The lowest BCUT2D eigenvalue weighted by Gasteiger charge is -2.31. The number of nitrogens with one attached hydrogen (secondary N) is 1. The Morgan fingerprint density at radius 2 is 1.86 bits per heavy atom. The molecule has 2 aliphatic rings. The third-order valence-corrected chi connectivity index (χ3v) is 4.13. The van der Waals surface area contributed by atoms with Crippen molar-refractivity contribution in [2.45, 2.75) is 32.2 Å². The molecule has 5 heteroatoms. The van der Waals surface area contributed by atoms with E-state index in [1.807, 2.05) is 25.1 Å². The fourth-order valence-electron chi connectivity index (χ4n) is 2.84. The Morgan fingerprint density at radius 1 is 1.14 bits per heavy atom. The van der Waals surface area contributed by atoms with Crippen LogP contribution in [0.25, 0.3) is 0 Å². The molecule has 0 unspecified atom stereocenters. The number of ether oxygens (including phenoxy) is 2. The molecule has 21 heavy (non-hydrogen) atoms. The van der Waals surface area contributed by atoms with Gasteiger partial charge in [0.05, 0.1) is 6.04 Å². The van der Waals surface area contributed by atoms with Crippen molar-refractivity contribution in [2.24, 2.45) is 0 Å². The van der Waals surface area contributed by atoms with Crippen LogP contribution < -0.4 is 14.8 Å². The summed E-state index contributed by atoms with van der Waals surface area (Å²) >= 11 is 0. The van der Waals surface area contributed by atoms with E-state index in [2.05, 4.69) is 10.2 Å². The van der Waals surface area contributed by atoms with Gasteiger partial charge in [-0.25, -0.2) is 0 Å². The molecule has 0 bridgehead atoms. The summed E-state index contributed by atoms with van der Waals surface area (Å²) in [5.74, 6) is 1.47. The average Bonchev–Trinajstić information content (AvgIpc) is 2.55. The average molecular weight is 290 g/mol. The molecule has 0 spiro atoms. The molecule has 0 aromatic heterocycles. The molecule has 1 N–H and O–H groups in total. The summed E-state index contributed by atoms with van der Waals surface area (Å²) in [5.41, 5.74) is 0.758. The quantitative estimate of drug-likeness (QED) is 0.928. The highest BCUT2D eigenvalue weighted by Crippen LogP contribution is 2.32. The monoisotopic (exact) mass is 290 g/mol. The van der Waals surface area contributed by atoms with E-state index < -0.39 is 0 Å². The molecule has 1 atom stereocenters. The number of amides is 1. The lowest BCUT2D eigenvalue weighted by Crippen LogP contribution is -2.44. The predicted octanol–water partition coefficient (Wildman–Crippen LogP) is 2.27. The summed E-state index contributed by atoms with van der Waals surface area (Å²) in [7, 11) is 0. The number of rotatable bonds is 3. The Balaban J connectivity index is 1.63. The summed E-state index contributed by atoms with van der Waals surface area (Å²) in [6, 6.07) is 5.43. The lowest BCUT2D eigenvalue weighted by molar-refractivity contribution is -0.121. The Kier molecular flexibility index (Phi) is 4.29. The van der Waals surface area contributed by atoms with Crippen molar-refractivity contribution in [3.05, 3.63) is 18.2 Å². The van der Waals surface area contributed by atoms with Crippen LogP contribution in [0.1, 0.15) is 26.2 Å². The summed E-state index contributed by atoms with van der Waals surface area (Å²) in [4.78, 5) is 14.6. The first-order valence-electron chi connectivity index (χ1n) is 7.68. The van der Waals surface area contributed by atoms with Gasteiger partial charge in [0, 0.05) is 11.8 Å². The van der Waals surface area contributed by atoms with Crippen LogP contribution in [0.2, 0.25) is 0 Å². The van der Waals surface area contributed by atoms with Crippen LogP contribution in [0.5, 0.6) is 11.5 Å². The van der Waals surface area contributed by atoms with Gasteiger partial charge in [0.25, 0.3) is 0 Å². The van der Waals surface area contributed by atoms with Gasteiger partial charge in [-0.2, -0.15) is 0 Å². The molecule has 5 nitrogen and oxygen atoms in total. The second-order valence-corrected chi connectivity index (χ2v) is 5.62. The van der Waals surface area contributed by atoms with E-state index in [-0.39, 0.29) is 11.9 Å². The highest BCUT2D eigenvalue weighted by atomic mass is 16.6. The van der Waals surface area contributed by atoms with Gasteiger partial charge in [-0.1, -0.05) is 6.42 Å². The van der Waals surface area contributed by atoms with E-state index in [1.165, 1.54) is 19.3 Å². The minimum atomic E-state index is -0.0986. The Bertz CT molecular complexity index is 512. The third kappa shape index (κ3) is 3.29. The van der Waals surface area contributed by atoms with Crippen molar-refractivity contribution < 1.29 is 14.3 Å². The van der Waals surface area contributed by atoms with Gasteiger partial charge in [0.1, 0.15) is 13.2 Å². The number of fused-ring (bicyclic) bond motifs is 1. The van der Waals surface area contributed by atoms with Gasteiger partial charge in [-0.15, -0.1) is 0 Å². The number of likely N-dealkylation sites (tertiary alicyclic amines) is 1. The van der Waals surface area contributed by atoms with Gasteiger partial charge in [0.15, 0.2) is 11.5 Å². The maximum absolute atomic E-state index is 12.4. The van der Waals surface area contributed by atoms with E-state index in [9.17, 15) is 4.79 Å². The van der Waals surface area contributed by atoms with E-state index in [0.717, 1.165) is 24.5 Å². The zero-order valence-electron chi connectivity index (χ0n) is 12.4. The van der Waals surface area contributed by atoms with Gasteiger partial charge in [-0.3, -0.25) is 9.69 Å². The van der Waals surface area contributed by atoms with Gasteiger partial charge >= 0.3 is 0 Å². The van der Waals surface area contributed by atoms with Gasteiger partial charge in [0.2, 0.25) is 5.91 Å². The minimum absolute atomic E-state index is 0.0357. The van der Waals surface area contributed by atoms with Crippen LogP contribution in [-0.2, 0) is 4.79 Å². The minimum Gasteiger partial charge on any atom is -0.486 e. The van der Waals surface area contributed by atoms with Crippen molar-refractivity contribution in [1.29, 1.82) is 0 Å². The number of carbonyl (C=O) groups excluding carboxylic acids is 1. The van der Waals surface area contributed by atoms with Crippen LogP contribution in [-0.4, -0.2) is 43.2 Å². The number of carbonyl (C=O) groups is 1. The van der Waals surface area contributed by atoms with Crippen LogP contribution in [0.4, 0.5) is 5.69 Å². The highest BCUT2D eigenvalue weighted by Gasteiger charge is 2.23. The van der Waals surface area contributed by atoms with Crippen molar-refractivity contribution in [2.75, 3.05) is 31.6 Å². The smallest absolute Gasteiger partial charge is 0.241 e. The molecule has 1 aromatic rings. The first kappa shape index (κ1) is 14.2. The largest absolute Gasteiger partial charge is 0.486 e. The maximum Gasteiger partial charge on any atom is 0.241 e. The molecule has 2 aliphatic heterocycles.